The lowest BCUT2D eigenvalue weighted by molar-refractivity contribution is -0.110. The second-order valence-corrected chi connectivity index (χ2v) is 7.52. The van der Waals surface area contributed by atoms with Crippen LogP contribution in [0.25, 0.3) is 11.1 Å². The van der Waals surface area contributed by atoms with Crippen molar-refractivity contribution in [2.24, 2.45) is 0 Å². The summed E-state index contributed by atoms with van der Waals surface area (Å²) in [6, 6.07) is 17.2. The van der Waals surface area contributed by atoms with E-state index >= 15 is 0 Å². The van der Waals surface area contributed by atoms with Crippen molar-refractivity contribution in [2.45, 2.75) is 5.25 Å². The van der Waals surface area contributed by atoms with Crippen LogP contribution in [-0.2, 0) is 4.79 Å². The Bertz CT molecular complexity index is 767. The van der Waals surface area contributed by atoms with Gasteiger partial charge in [0.25, 0.3) is 0 Å². The molecule has 0 aliphatic carbocycles. The molecule has 0 fully saturated rings. The predicted molar refractivity (Wildman–Crippen MR) is 98.1 cm³/mol. The molecule has 1 atom stereocenters. The van der Waals surface area contributed by atoms with Gasteiger partial charge in [0.2, 0.25) is 5.24 Å². The lowest BCUT2D eigenvalue weighted by Crippen LogP contribution is -2.25. The van der Waals surface area contributed by atoms with Gasteiger partial charge in [0.15, 0.2) is 5.78 Å². The average Bonchev–Trinajstić information content (AvgIpc) is 3.09. The Morgan fingerprint density at radius 1 is 0.826 bits per heavy atom. The Morgan fingerprint density at radius 2 is 1.39 bits per heavy atom. The predicted octanol–water partition coefficient (Wildman–Crippen LogP) is 4.71. The molecule has 2 nitrogen and oxygen atoms in total. The second kappa shape index (κ2) is 6.99. The maximum absolute atomic E-state index is 12.7. The molecule has 0 saturated carbocycles. The summed E-state index contributed by atoms with van der Waals surface area (Å²) in [4.78, 5) is 24.4. The number of ketones is 1. The van der Waals surface area contributed by atoms with Gasteiger partial charge in [-0.3, -0.25) is 9.59 Å². The molecule has 0 saturated heterocycles. The number of Topliss-reactive ketones (excluding diaryl/α,β-unsaturated/α-hetero) is 1. The standard InChI is InChI=1S/C19H15ClO2S/c20-19(22)18(23-12-4-5-13-23)17(21)16-10-8-15(9-11-16)14-6-2-1-3-7-14/h1-13,18,23H. The summed E-state index contributed by atoms with van der Waals surface area (Å²) in [5.41, 5.74) is 2.63. The molecule has 0 spiro atoms. The SMILES string of the molecule is O=C(Cl)C(C(=O)c1ccc(-c2ccccc2)cc1)[SH]1C=CC=C1. The molecule has 116 valence electrons. The summed E-state index contributed by atoms with van der Waals surface area (Å²) in [5, 5.41) is 2.38. The molecule has 0 N–H and O–H groups in total. The van der Waals surface area contributed by atoms with Crippen molar-refractivity contribution < 1.29 is 9.59 Å². The van der Waals surface area contributed by atoms with E-state index in [1.165, 1.54) is 0 Å². The van der Waals surface area contributed by atoms with Crippen molar-refractivity contribution in [3.05, 3.63) is 83.1 Å². The van der Waals surface area contributed by atoms with E-state index in [-0.39, 0.29) is 5.78 Å². The summed E-state index contributed by atoms with van der Waals surface area (Å²) < 4.78 is 0. The summed E-state index contributed by atoms with van der Waals surface area (Å²) in [7, 11) is -0.955. The maximum atomic E-state index is 12.7. The van der Waals surface area contributed by atoms with E-state index < -0.39 is 21.4 Å². The first-order valence-corrected chi connectivity index (χ1v) is 9.11. The highest BCUT2D eigenvalue weighted by Crippen LogP contribution is 2.40. The molecule has 2 aromatic rings. The van der Waals surface area contributed by atoms with Crippen molar-refractivity contribution in [2.75, 3.05) is 0 Å². The molecule has 2 aromatic carbocycles. The molecule has 4 heteroatoms. The number of thiol groups is 1. The van der Waals surface area contributed by atoms with Crippen LogP contribution in [0.3, 0.4) is 0 Å². The summed E-state index contributed by atoms with van der Waals surface area (Å²) in [6.07, 6.45) is 3.70. The third-order valence-corrected chi connectivity index (χ3v) is 6.13. The van der Waals surface area contributed by atoms with Gasteiger partial charge in [-0.25, -0.2) is 0 Å². The number of rotatable bonds is 5. The van der Waals surface area contributed by atoms with Crippen LogP contribution in [0.2, 0.25) is 0 Å². The molecular weight excluding hydrogens is 328 g/mol. The molecule has 0 aromatic heterocycles. The minimum Gasteiger partial charge on any atom is -0.292 e. The quantitative estimate of drug-likeness (QED) is 0.369. The Hall–Kier alpha value is -2.10. The highest BCUT2D eigenvalue weighted by Gasteiger charge is 2.30. The van der Waals surface area contributed by atoms with Crippen molar-refractivity contribution in [1.82, 2.24) is 0 Å². The van der Waals surface area contributed by atoms with Gasteiger partial charge < -0.3 is 0 Å². The monoisotopic (exact) mass is 342 g/mol. The van der Waals surface area contributed by atoms with Gasteiger partial charge >= 0.3 is 0 Å². The van der Waals surface area contributed by atoms with E-state index in [4.69, 9.17) is 11.6 Å². The molecule has 0 radical (unpaired) electrons. The Morgan fingerprint density at radius 3 is 1.96 bits per heavy atom. The van der Waals surface area contributed by atoms with E-state index in [9.17, 15) is 9.59 Å². The normalized spacial score (nSPS) is 15.6. The number of allylic oxidation sites excluding steroid dienone is 2. The molecule has 3 rings (SSSR count). The summed E-state index contributed by atoms with van der Waals surface area (Å²) >= 11 is 5.68. The van der Waals surface area contributed by atoms with E-state index in [0.717, 1.165) is 11.1 Å². The number of hydrogen-bond acceptors (Lipinski definition) is 2. The minimum atomic E-state index is -0.955. The number of benzene rings is 2. The first-order valence-electron chi connectivity index (χ1n) is 7.18. The van der Waals surface area contributed by atoms with Gasteiger partial charge in [0.05, 0.1) is 0 Å². The van der Waals surface area contributed by atoms with Crippen molar-refractivity contribution in [3.63, 3.8) is 0 Å². The Kier molecular flexibility index (Phi) is 4.79. The van der Waals surface area contributed by atoms with Gasteiger partial charge in [-0.05, 0) is 33.5 Å². The first-order chi connectivity index (χ1) is 11.2. The van der Waals surface area contributed by atoms with Crippen LogP contribution in [0.15, 0.2) is 77.6 Å². The van der Waals surface area contributed by atoms with Crippen LogP contribution in [0, 0.1) is 0 Å². The van der Waals surface area contributed by atoms with Gasteiger partial charge in [-0.15, -0.1) is 0 Å². The first kappa shape index (κ1) is 15.8. The fraction of sp³-hybridized carbons (Fsp3) is 0.0526. The van der Waals surface area contributed by atoms with Gasteiger partial charge in [0, 0.05) is 5.56 Å². The van der Waals surface area contributed by atoms with E-state index in [1.54, 1.807) is 12.1 Å². The second-order valence-electron chi connectivity index (χ2n) is 5.14. The van der Waals surface area contributed by atoms with E-state index in [2.05, 4.69) is 0 Å². The smallest absolute Gasteiger partial charge is 0.241 e. The molecular formula is C19H15ClO2S. The highest BCUT2D eigenvalue weighted by atomic mass is 35.5. The maximum Gasteiger partial charge on any atom is 0.241 e. The topological polar surface area (TPSA) is 34.1 Å². The minimum absolute atomic E-state index is 0.216. The lowest BCUT2D eigenvalue weighted by Gasteiger charge is -2.19. The zero-order chi connectivity index (χ0) is 16.2. The summed E-state index contributed by atoms with van der Waals surface area (Å²) in [6.45, 7) is 0. The fourth-order valence-electron chi connectivity index (χ4n) is 2.49. The van der Waals surface area contributed by atoms with Crippen LogP contribution in [0.4, 0.5) is 0 Å². The Balaban J connectivity index is 1.86. The molecule has 0 amide bonds. The zero-order valence-electron chi connectivity index (χ0n) is 12.2. The van der Waals surface area contributed by atoms with E-state index in [0.29, 0.717) is 5.56 Å². The summed E-state index contributed by atoms with van der Waals surface area (Å²) in [5.74, 6) is -0.216. The van der Waals surface area contributed by atoms with Gasteiger partial charge in [-0.1, -0.05) is 66.7 Å². The number of hydrogen-bond donors (Lipinski definition) is 1. The van der Waals surface area contributed by atoms with Crippen molar-refractivity contribution >= 4 is 33.5 Å². The molecule has 1 heterocycles. The van der Waals surface area contributed by atoms with Crippen LogP contribution < -0.4 is 0 Å². The van der Waals surface area contributed by atoms with Crippen LogP contribution in [0.1, 0.15) is 10.4 Å². The lowest BCUT2D eigenvalue weighted by atomic mass is 10.0. The number of halogens is 1. The van der Waals surface area contributed by atoms with Crippen molar-refractivity contribution in [3.8, 4) is 11.1 Å². The molecule has 0 bridgehead atoms. The zero-order valence-corrected chi connectivity index (χ0v) is 13.9. The third kappa shape index (κ3) is 3.46. The number of carbonyl (C=O) groups is 2. The largest absolute Gasteiger partial charge is 0.292 e. The van der Waals surface area contributed by atoms with Gasteiger partial charge in [0.1, 0.15) is 5.25 Å². The van der Waals surface area contributed by atoms with Crippen LogP contribution >= 0.6 is 22.5 Å². The fourth-order valence-corrected chi connectivity index (χ4v) is 4.62. The van der Waals surface area contributed by atoms with E-state index in [1.807, 2.05) is 65.4 Å². The number of carbonyl (C=O) groups excluding carboxylic acids is 2. The van der Waals surface area contributed by atoms with Crippen LogP contribution in [-0.4, -0.2) is 16.3 Å². The molecule has 1 aliphatic heterocycles. The average molecular weight is 343 g/mol. The van der Waals surface area contributed by atoms with Gasteiger partial charge in [-0.2, -0.15) is 10.9 Å². The molecule has 23 heavy (non-hydrogen) atoms. The molecule has 1 unspecified atom stereocenters. The van der Waals surface area contributed by atoms with Crippen molar-refractivity contribution in [1.29, 1.82) is 0 Å². The Labute approximate surface area is 142 Å². The third-order valence-electron chi connectivity index (χ3n) is 3.67. The van der Waals surface area contributed by atoms with Crippen LogP contribution in [0.5, 0.6) is 0 Å². The highest BCUT2D eigenvalue weighted by molar-refractivity contribution is 8.24. The molecule has 1 aliphatic rings.